The first-order chi connectivity index (χ1) is 18.1. The number of rotatable bonds is 10. The summed E-state index contributed by atoms with van der Waals surface area (Å²) in [5, 5.41) is 29.5. The molecule has 0 aliphatic heterocycles. The van der Waals surface area contributed by atoms with Gasteiger partial charge in [0.05, 0.1) is 17.8 Å². The molecule has 3 N–H and O–H groups in total. The van der Waals surface area contributed by atoms with Crippen molar-refractivity contribution >= 4 is 22.5 Å². The zero-order chi connectivity index (χ0) is 25.6. The van der Waals surface area contributed by atoms with Gasteiger partial charge < -0.3 is 15.2 Å². The zero-order valence-electron chi connectivity index (χ0n) is 19.9. The fourth-order valence-electron chi connectivity index (χ4n) is 3.81. The smallest absolute Gasteiger partial charge is 0.243 e. The van der Waals surface area contributed by atoms with Crippen LogP contribution in [0.5, 0.6) is 5.75 Å². The molecule has 1 unspecified atom stereocenters. The third-order valence-electron chi connectivity index (χ3n) is 5.72. The second kappa shape index (κ2) is 10.9. The van der Waals surface area contributed by atoms with Gasteiger partial charge in [0.15, 0.2) is 11.5 Å². The minimum atomic E-state index is -0.892. The van der Waals surface area contributed by atoms with Crippen molar-refractivity contribution in [3.05, 3.63) is 97.0 Å². The molecule has 186 valence electrons. The molecule has 0 aliphatic carbocycles. The van der Waals surface area contributed by atoms with E-state index in [0.29, 0.717) is 23.8 Å². The van der Waals surface area contributed by atoms with Gasteiger partial charge >= 0.3 is 0 Å². The Kier molecular flexibility index (Phi) is 7.11. The van der Waals surface area contributed by atoms with Crippen LogP contribution in [0.25, 0.3) is 27.8 Å². The third kappa shape index (κ3) is 5.61. The van der Waals surface area contributed by atoms with Gasteiger partial charge in [0.2, 0.25) is 5.91 Å². The van der Waals surface area contributed by atoms with Crippen molar-refractivity contribution in [1.82, 2.24) is 35.4 Å². The van der Waals surface area contributed by atoms with Gasteiger partial charge in [-0.25, -0.2) is 0 Å². The van der Waals surface area contributed by atoms with Gasteiger partial charge in [-0.15, -0.1) is 10.2 Å². The van der Waals surface area contributed by atoms with Gasteiger partial charge in [0.1, 0.15) is 18.6 Å². The summed E-state index contributed by atoms with van der Waals surface area (Å²) in [6, 6.07) is 21.3. The minimum Gasteiger partial charge on any atom is -0.485 e. The highest BCUT2D eigenvalue weighted by atomic mass is 16.5. The molecule has 2 aromatic carbocycles. The Morgan fingerprint density at radius 1 is 1.11 bits per heavy atom. The maximum atomic E-state index is 11.2. The summed E-state index contributed by atoms with van der Waals surface area (Å²) in [5.74, 6) is 0.901. The Morgan fingerprint density at radius 2 is 1.97 bits per heavy atom. The Labute approximate surface area is 212 Å². The van der Waals surface area contributed by atoms with E-state index in [1.165, 1.54) is 0 Å². The lowest BCUT2D eigenvalue weighted by Crippen LogP contribution is -2.39. The lowest BCUT2D eigenvalue weighted by atomic mass is 10.1. The molecule has 0 aliphatic rings. The summed E-state index contributed by atoms with van der Waals surface area (Å²) in [6.45, 7) is 4.03. The molecule has 5 aromatic rings. The predicted molar refractivity (Wildman–Crippen MR) is 138 cm³/mol. The standard InChI is InChI=1S/C27H25N7O3/c1-2-26(35)30-16-27(36)29-15-18-8-9-20-22(14-18)28-13-12-23(20)37-17-25-32-31-24-11-10-21(33-34(24)25)19-6-4-3-5-7-19/h2-14,27,29,36H,1,15-17H2,(H,30,35). The number of aliphatic hydroxyl groups is 1. The van der Waals surface area contributed by atoms with Crippen molar-refractivity contribution in [2.24, 2.45) is 0 Å². The fourth-order valence-corrected chi connectivity index (χ4v) is 3.81. The van der Waals surface area contributed by atoms with Crippen molar-refractivity contribution in [2.45, 2.75) is 19.4 Å². The maximum absolute atomic E-state index is 11.2. The third-order valence-corrected chi connectivity index (χ3v) is 5.72. The SMILES string of the molecule is C=CC(=O)NCC(O)NCc1ccc2c(OCc3nnc4ccc(-c5ccccc5)nn34)ccnc2c1. The first-order valence-corrected chi connectivity index (χ1v) is 11.7. The maximum Gasteiger partial charge on any atom is 0.243 e. The largest absolute Gasteiger partial charge is 0.485 e. The van der Waals surface area contributed by atoms with E-state index in [4.69, 9.17) is 9.84 Å². The van der Waals surface area contributed by atoms with Gasteiger partial charge in [-0.3, -0.25) is 15.1 Å². The number of ether oxygens (including phenoxy) is 1. The van der Waals surface area contributed by atoms with Gasteiger partial charge in [0.25, 0.3) is 0 Å². The molecule has 0 bridgehead atoms. The molecule has 3 heterocycles. The average Bonchev–Trinajstić information content (AvgIpc) is 3.36. The fraction of sp³-hybridized carbons (Fsp3) is 0.148. The number of benzene rings is 2. The van der Waals surface area contributed by atoms with Crippen LogP contribution in [0.2, 0.25) is 0 Å². The highest BCUT2D eigenvalue weighted by molar-refractivity contribution is 5.87. The van der Waals surface area contributed by atoms with Gasteiger partial charge in [-0.1, -0.05) is 43.0 Å². The quantitative estimate of drug-likeness (QED) is 0.199. The lowest BCUT2D eigenvalue weighted by molar-refractivity contribution is -0.117. The highest BCUT2D eigenvalue weighted by Crippen LogP contribution is 2.26. The van der Waals surface area contributed by atoms with E-state index in [1.807, 2.05) is 60.7 Å². The zero-order valence-corrected chi connectivity index (χ0v) is 19.9. The van der Waals surface area contributed by atoms with Crippen molar-refractivity contribution in [1.29, 1.82) is 0 Å². The summed E-state index contributed by atoms with van der Waals surface area (Å²) in [4.78, 5) is 15.7. The molecule has 1 atom stereocenters. The molecule has 10 nitrogen and oxygen atoms in total. The van der Waals surface area contributed by atoms with E-state index in [-0.39, 0.29) is 19.1 Å². The van der Waals surface area contributed by atoms with E-state index in [2.05, 4.69) is 32.4 Å². The van der Waals surface area contributed by atoms with Crippen molar-refractivity contribution in [3.8, 4) is 17.0 Å². The van der Waals surface area contributed by atoms with E-state index in [0.717, 1.165) is 33.8 Å². The molecule has 0 saturated heterocycles. The van der Waals surface area contributed by atoms with E-state index < -0.39 is 6.23 Å². The van der Waals surface area contributed by atoms with Gasteiger partial charge in [-0.2, -0.15) is 9.61 Å². The molecule has 3 aromatic heterocycles. The number of amides is 1. The van der Waals surface area contributed by atoms with Crippen molar-refractivity contribution in [2.75, 3.05) is 6.54 Å². The van der Waals surface area contributed by atoms with Crippen LogP contribution in [-0.2, 0) is 17.9 Å². The Hall–Kier alpha value is -4.67. The lowest BCUT2D eigenvalue weighted by Gasteiger charge is -2.14. The Bertz CT molecular complexity index is 1550. The van der Waals surface area contributed by atoms with E-state index >= 15 is 0 Å². The van der Waals surface area contributed by atoms with Crippen molar-refractivity contribution in [3.63, 3.8) is 0 Å². The first-order valence-electron chi connectivity index (χ1n) is 11.7. The summed E-state index contributed by atoms with van der Waals surface area (Å²) >= 11 is 0. The average molecular weight is 496 g/mol. The van der Waals surface area contributed by atoms with Crippen LogP contribution in [0.1, 0.15) is 11.4 Å². The Morgan fingerprint density at radius 3 is 2.81 bits per heavy atom. The molecule has 0 radical (unpaired) electrons. The second-order valence-corrected chi connectivity index (χ2v) is 8.27. The van der Waals surface area contributed by atoms with Crippen LogP contribution >= 0.6 is 0 Å². The van der Waals surface area contributed by atoms with Gasteiger partial charge in [0, 0.05) is 23.7 Å². The molecule has 0 spiro atoms. The second-order valence-electron chi connectivity index (χ2n) is 8.27. The van der Waals surface area contributed by atoms with Crippen LogP contribution in [0.15, 0.2) is 85.6 Å². The number of aliphatic hydroxyl groups excluding tert-OH is 1. The number of fused-ring (bicyclic) bond motifs is 2. The molecule has 0 fully saturated rings. The number of carbonyl (C=O) groups is 1. The normalized spacial score (nSPS) is 11.9. The van der Waals surface area contributed by atoms with Crippen LogP contribution < -0.4 is 15.4 Å². The monoisotopic (exact) mass is 495 g/mol. The number of nitrogens with one attached hydrogen (secondary N) is 2. The minimum absolute atomic E-state index is 0.0771. The predicted octanol–water partition coefficient (Wildman–Crippen LogP) is 2.63. The topological polar surface area (TPSA) is 127 Å². The number of carbonyl (C=O) groups excluding carboxylic acids is 1. The van der Waals surface area contributed by atoms with Crippen LogP contribution in [-0.4, -0.2) is 48.6 Å². The Balaban J connectivity index is 1.28. The van der Waals surface area contributed by atoms with E-state index in [9.17, 15) is 9.90 Å². The summed E-state index contributed by atoms with van der Waals surface area (Å²) in [6.07, 6.45) is 1.95. The number of hydrogen-bond donors (Lipinski definition) is 3. The molecule has 10 heteroatoms. The number of nitrogens with zero attached hydrogens (tertiary/aromatic N) is 5. The van der Waals surface area contributed by atoms with Crippen LogP contribution in [0.3, 0.4) is 0 Å². The van der Waals surface area contributed by atoms with Crippen molar-refractivity contribution < 1.29 is 14.6 Å². The number of aromatic nitrogens is 5. The van der Waals surface area contributed by atoms with E-state index in [1.54, 1.807) is 16.8 Å². The molecular weight excluding hydrogens is 470 g/mol. The molecule has 37 heavy (non-hydrogen) atoms. The summed E-state index contributed by atoms with van der Waals surface area (Å²) in [7, 11) is 0. The summed E-state index contributed by atoms with van der Waals surface area (Å²) in [5.41, 5.74) is 4.14. The summed E-state index contributed by atoms with van der Waals surface area (Å²) < 4.78 is 7.81. The van der Waals surface area contributed by atoms with Crippen LogP contribution in [0, 0.1) is 0 Å². The number of hydrogen-bond acceptors (Lipinski definition) is 8. The van der Waals surface area contributed by atoms with Gasteiger partial charge in [-0.05, 0) is 42.0 Å². The molecule has 1 amide bonds. The number of pyridine rings is 1. The first kappa shape index (κ1) is 24.0. The molecule has 5 rings (SSSR count). The highest BCUT2D eigenvalue weighted by Gasteiger charge is 2.12. The molecular formula is C27H25N7O3. The van der Waals surface area contributed by atoms with Crippen LogP contribution in [0.4, 0.5) is 0 Å². The molecule has 0 saturated carbocycles.